The number of unbranched alkanes of at least 4 members (excludes halogenated alkanes) is 1. The predicted molar refractivity (Wildman–Crippen MR) is 92.0 cm³/mol. The lowest BCUT2D eigenvalue weighted by molar-refractivity contribution is 0.464. The summed E-state index contributed by atoms with van der Waals surface area (Å²) in [7, 11) is 0.540. The van der Waals surface area contributed by atoms with E-state index in [9.17, 15) is 8.42 Å². The van der Waals surface area contributed by atoms with Gasteiger partial charge in [0, 0.05) is 27.2 Å². The fourth-order valence-corrected chi connectivity index (χ4v) is 3.43. The van der Waals surface area contributed by atoms with Gasteiger partial charge in [0.05, 0.1) is 10.6 Å². The van der Waals surface area contributed by atoms with Gasteiger partial charge in [0.1, 0.15) is 0 Å². The highest BCUT2D eigenvalue weighted by atomic mass is 32.2. The fraction of sp³-hybridized carbons (Fsp3) is 0.562. The molecule has 0 aliphatic rings. The van der Waals surface area contributed by atoms with E-state index in [1.54, 1.807) is 31.3 Å². The highest BCUT2D eigenvalue weighted by Gasteiger charge is 2.13. The van der Waals surface area contributed by atoms with Gasteiger partial charge >= 0.3 is 0 Å². The van der Waals surface area contributed by atoms with Crippen molar-refractivity contribution in [2.24, 2.45) is 4.99 Å². The molecule has 0 unspecified atom stereocenters. The molecule has 1 aromatic carbocycles. The summed E-state index contributed by atoms with van der Waals surface area (Å²) in [6.45, 7) is 3.69. The first-order valence-corrected chi connectivity index (χ1v) is 9.36. The van der Waals surface area contributed by atoms with Gasteiger partial charge in [0.15, 0.2) is 15.8 Å². The van der Waals surface area contributed by atoms with E-state index in [2.05, 4.69) is 22.1 Å². The second-order valence-corrected chi connectivity index (χ2v) is 7.34. The number of guanidine groups is 1. The van der Waals surface area contributed by atoms with Crippen molar-refractivity contribution in [3.63, 3.8) is 0 Å². The van der Waals surface area contributed by atoms with Crippen molar-refractivity contribution in [3.8, 4) is 0 Å². The standard InChI is InChI=1S/C16H27N3O2S/c1-4-5-13-19(3)16(17-2)18-12-9-14-22(20,21)15-10-7-6-8-11-15/h6-8,10-11H,4-5,9,12-14H2,1-3H3,(H,17,18). The summed E-state index contributed by atoms with van der Waals surface area (Å²) in [5.41, 5.74) is 0. The van der Waals surface area contributed by atoms with E-state index < -0.39 is 9.84 Å². The summed E-state index contributed by atoms with van der Waals surface area (Å²) in [5, 5.41) is 3.21. The highest BCUT2D eigenvalue weighted by molar-refractivity contribution is 7.91. The van der Waals surface area contributed by atoms with Crippen LogP contribution in [0.2, 0.25) is 0 Å². The SMILES string of the molecule is CCCCN(C)C(=NC)NCCCS(=O)(=O)c1ccccc1. The largest absolute Gasteiger partial charge is 0.356 e. The van der Waals surface area contributed by atoms with Gasteiger partial charge < -0.3 is 10.2 Å². The van der Waals surface area contributed by atoms with E-state index in [-0.39, 0.29) is 5.75 Å². The topological polar surface area (TPSA) is 61.8 Å². The minimum absolute atomic E-state index is 0.139. The average molecular weight is 325 g/mol. The van der Waals surface area contributed by atoms with Crippen molar-refractivity contribution >= 4 is 15.8 Å². The first kappa shape index (κ1) is 18.5. The molecule has 1 rings (SSSR count). The minimum atomic E-state index is -3.19. The number of aliphatic imine (C=N–C) groups is 1. The summed E-state index contributed by atoms with van der Waals surface area (Å²) in [6, 6.07) is 8.59. The summed E-state index contributed by atoms with van der Waals surface area (Å²) >= 11 is 0. The zero-order valence-corrected chi connectivity index (χ0v) is 14.6. The number of nitrogens with one attached hydrogen (secondary N) is 1. The van der Waals surface area contributed by atoms with Crippen LogP contribution in [0.5, 0.6) is 0 Å². The number of hydrogen-bond donors (Lipinski definition) is 1. The number of nitrogens with zero attached hydrogens (tertiary/aromatic N) is 2. The Balaban J connectivity index is 2.41. The van der Waals surface area contributed by atoms with Crippen LogP contribution in [0.15, 0.2) is 40.2 Å². The van der Waals surface area contributed by atoms with E-state index >= 15 is 0 Å². The van der Waals surface area contributed by atoms with Crippen LogP contribution < -0.4 is 5.32 Å². The number of benzene rings is 1. The lowest BCUT2D eigenvalue weighted by Crippen LogP contribution is -2.40. The van der Waals surface area contributed by atoms with Crippen LogP contribution in [0.1, 0.15) is 26.2 Å². The molecule has 0 spiro atoms. The van der Waals surface area contributed by atoms with Gasteiger partial charge in [-0.3, -0.25) is 4.99 Å². The Hall–Kier alpha value is -1.56. The molecule has 124 valence electrons. The quantitative estimate of drug-likeness (QED) is 0.452. The van der Waals surface area contributed by atoms with Gasteiger partial charge in [0.25, 0.3) is 0 Å². The second-order valence-electron chi connectivity index (χ2n) is 5.23. The summed E-state index contributed by atoms with van der Waals surface area (Å²) < 4.78 is 24.3. The van der Waals surface area contributed by atoms with Crippen LogP contribution in [-0.4, -0.2) is 52.2 Å². The summed E-state index contributed by atoms with van der Waals surface area (Å²) in [5.74, 6) is 0.949. The number of rotatable bonds is 8. The van der Waals surface area contributed by atoms with E-state index in [4.69, 9.17) is 0 Å². The number of sulfone groups is 1. The molecule has 6 heteroatoms. The van der Waals surface area contributed by atoms with Crippen molar-refractivity contribution < 1.29 is 8.42 Å². The smallest absolute Gasteiger partial charge is 0.193 e. The van der Waals surface area contributed by atoms with Crippen molar-refractivity contribution in [1.29, 1.82) is 0 Å². The second kappa shape index (κ2) is 9.46. The zero-order valence-electron chi connectivity index (χ0n) is 13.7. The van der Waals surface area contributed by atoms with Gasteiger partial charge in [0.2, 0.25) is 0 Å². The molecule has 0 amide bonds. The fourth-order valence-electron chi connectivity index (χ4n) is 2.09. The maximum Gasteiger partial charge on any atom is 0.193 e. The molecular weight excluding hydrogens is 298 g/mol. The van der Waals surface area contributed by atoms with E-state index in [1.165, 1.54) is 0 Å². The monoisotopic (exact) mass is 325 g/mol. The normalized spacial score (nSPS) is 12.2. The Morgan fingerprint density at radius 3 is 2.50 bits per heavy atom. The van der Waals surface area contributed by atoms with Crippen LogP contribution in [0.3, 0.4) is 0 Å². The van der Waals surface area contributed by atoms with Crippen LogP contribution in [0.4, 0.5) is 0 Å². The van der Waals surface area contributed by atoms with Gasteiger partial charge in [-0.25, -0.2) is 8.42 Å². The molecule has 22 heavy (non-hydrogen) atoms. The lowest BCUT2D eigenvalue weighted by atomic mass is 10.3. The maximum atomic E-state index is 12.2. The molecule has 5 nitrogen and oxygen atoms in total. The molecule has 1 aromatic rings. The Bertz CT molecular complexity index is 556. The first-order valence-electron chi connectivity index (χ1n) is 7.71. The van der Waals surface area contributed by atoms with Gasteiger partial charge in [-0.1, -0.05) is 31.5 Å². The Morgan fingerprint density at radius 2 is 1.91 bits per heavy atom. The molecule has 0 aliphatic carbocycles. The third kappa shape index (κ3) is 6.05. The van der Waals surface area contributed by atoms with Crippen molar-refractivity contribution in [3.05, 3.63) is 30.3 Å². The average Bonchev–Trinajstić information content (AvgIpc) is 2.53. The van der Waals surface area contributed by atoms with E-state index in [1.807, 2.05) is 13.1 Å². The van der Waals surface area contributed by atoms with Crippen molar-refractivity contribution in [1.82, 2.24) is 10.2 Å². The third-order valence-electron chi connectivity index (χ3n) is 3.40. The van der Waals surface area contributed by atoms with Crippen LogP contribution >= 0.6 is 0 Å². The van der Waals surface area contributed by atoms with Crippen molar-refractivity contribution in [2.75, 3.05) is 32.9 Å². The zero-order chi connectivity index (χ0) is 16.4. The molecule has 0 saturated carbocycles. The summed E-state index contributed by atoms with van der Waals surface area (Å²) in [6.07, 6.45) is 2.80. The van der Waals surface area contributed by atoms with E-state index in [0.717, 1.165) is 25.3 Å². The maximum absolute atomic E-state index is 12.2. The van der Waals surface area contributed by atoms with Crippen LogP contribution in [-0.2, 0) is 9.84 Å². The van der Waals surface area contributed by atoms with Gasteiger partial charge in [-0.05, 0) is 25.0 Å². The summed E-state index contributed by atoms with van der Waals surface area (Å²) in [4.78, 5) is 6.67. The van der Waals surface area contributed by atoms with E-state index in [0.29, 0.717) is 17.9 Å². The Labute approximate surface area is 134 Å². The Kier molecular flexibility index (Phi) is 7.95. The molecule has 0 bridgehead atoms. The molecule has 0 aromatic heterocycles. The van der Waals surface area contributed by atoms with Crippen molar-refractivity contribution in [2.45, 2.75) is 31.1 Å². The molecule has 0 fully saturated rings. The Morgan fingerprint density at radius 1 is 1.23 bits per heavy atom. The molecule has 0 saturated heterocycles. The van der Waals surface area contributed by atoms with Crippen LogP contribution in [0, 0.1) is 0 Å². The first-order chi connectivity index (χ1) is 10.5. The molecule has 0 atom stereocenters. The predicted octanol–water partition coefficient (Wildman–Crippen LogP) is 2.16. The highest BCUT2D eigenvalue weighted by Crippen LogP contribution is 2.10. The van der Waals surface area contributed by atoms with Crippen LogP contribution in [0.25, 0.3) is 0 Å². The minimum Gasteiger partial charge on any atom is -0.356 e. The van der Waals surface area contributed by atoms with Gasteiger partial charge in [-0.2, -0.15) is 0 Å². The number of hydrogen-bond acceptors (Lipinski definition) is 3. The molecule has 0 radical (unpaired) electrons. The molecular formula is C16H27N3O2S. The lowest BCUT2D eigenvalue weighted by Gasteiger charge is -2.21. The molecule has 1 N–H and O–H groups in total. The van der Waals surface area contributed by atoms with Gasteiger partial charge in [-0.15, -0.1) is 0 Å². The molecule has 0 aliphatic heterocycles. The molecule has 0 heterocycles. The third-order valence-corrected chi connectivity index (χ3v) is 5.21.